The number of hydrogen-bond donors (Lipinski definition) is 1. The first-order chi connectivity index (χ1) is 14.4. The van der Waals surface area contributed by atoms with Crippen molar-refractivity contribution in [2.75, 3.05) is 32.7 Å². The van der Waals surface area contributed by atoms with Crippen LogP contribution < -0.4 is 14.8 Å². The molecule has 1 aromatic carbocycles. The van der Waals surface area contributed by atoms with Crippen LogP contribution in [0.1, 0.15) is 19.3 Å². The first-order valence-electron chi connectivity index (χ1n) is 9.95. The summed E-state index contributed by atoms with van der Waals surface area (Å²) >= 11 is 0. The molecular formula is C21H24N2O7. The van der Waals surface area contributed by atoms with Crippen molar-refractivity contribution in [3.8, 4) is 11.5 Å². The molecule has 0 unspecified atom stereocenters. The third kappa shape index (κ3) is 3.48. The molecule has 0 spiro atoms. The summed E-state index contributed by atoms with van der Waals surface area (Å²) in [7, 11) is 2.97. The van der Waals surface area contributed by atoms with E-state index in [2.05, 4.69) is 5.32 Å². The Morgan fingerprint density at radius 3 is 2.33 bits per heavy atom. The van der Waals surface area contributed by atoms with E-state index in [1.54, 1.807) is 18.2 Å². The number of carbonyl (C=O) groups excluding carboxylic acids is 4. The van der Waals surface area contributed by atoms with E-state index in [4.69, 9.17) is 14.2 Å². The Hall–Kier alpha value is -3.10. The van der Waals surface area contributed by atoms with Gasteiger partial charge >= 0.3 is 5.97 Å². The van der Waals surface area contributed by atoms with Gasteiger partial charge in [-0.05, 0) is 43.2 Å². The van der Waals surface area contributed by atoms with Gasteiger partial charge in [0.15, 0.2) is 6.61 Å². The highest BCUT2D eigenvalue weighted by Crippen LogP contribution is 2.56. The average Bonchev–Trinajstić information content (AvgIpc) is 3.42. The van der Waals surface area contributed by atoms with Gasteiger partial charge in [0.05, 0.1) is 31.7 Å². The van der Waals surface area contributed by atoms with Crippen molar-refractivity contribution in [3.05, 3.63) is 18.2 Å². The number of hydrogen-bond acceptors (Lipinski definition) is 7. The molecular weight excluding hydrogens is 392 g/mol. The predicted octanol–water partition coefficient (Wildman–Crippen LogP) is 1.22. The van der Waals surface area contributed by atoms with Crippen LogP contribution in [0.25, 0.3) is 0 Å². The molecule has 160 valence electrons. The van der Waals surface area contributed by atoms with Crippen LogP contribution in [0.5, 0.6) is 11.5 Å². The number of methoxy groups -OCH3 is 2. The first kappa shape index (κ1) is 20.2. The molecule has 1 saturated heterocycles. The number of nitrogens with one attached hydrogen (secondary N) is 1. The number of fused-ring (bicyclic) bond motifs is 5. The molecule has 9 heteroatoms. The van der Waals surface area contributed by atoms with Crippen molar-refractivity contribution in [3.63, 3.8) is 0 Å². The van der Waals surface area contributed by atoms with Crippen molar-refractivity contribution < 1.29 is 33.4 Å². The fourth-order valence-electron chi connectivity index (χ4n) is 5.04. The minimum absolute atomic E-state index is 0.253. The standard InChI is InChI=1S/C21H24N2O7/c1-28-13-5-6-14(15(8-13)29-2)22-16(24)10-30-17(25)9-23-20(26)18-11-3-4-12(7-11)19(18)21(23)27/h5-6,8,11-12,18-19H,3-4,7,9-10H2,1-2H3,(H,22,24)/t11-,12+,18-,19-/m0/s1. The highest BCUT2D eigenvalue weighted by atomic mass is 16.5. The Morgan fingerprint density at radius 2 is 1.73 bits per heavy atom. The van der Waals surface area contributed by atoms with Gasteiger partial charge in [-0.2, -0.15) is 0 Å². The first-order valence-corrected chi connectivity index (χ1v) is 9.95. The van der Waals surface area contributed by atoms with E-state index in [1.165, 1.54) is 14.2 Å². The molecule has 2 aliphatic carbocycles. The number of ether oxygens (including phenoxy) is 3. The highest BCUT2D eigenvalue weighted by Gasteiger charge is 2.61. The van der Waals surface area contributed by atoms with Crippen molar-refractivity contribution in [2.24, 2.45) is 23.7 Å². The second kappa shape index (κ2) is 7.97. The number of nitrogens with zero attached hydrogens (tertiary/aromatic N) is 1. The summed E-state index contributed by atoms with van der Waals surface area (Å²) in [4.78, 5) is 50.5. The maximum Gasteiger partial charge on any atom is 0.326 e. The fourth-order valence-corrected chi connectivity index (χ4v) is 5.04. The Balaban J connectivity index is 1.30. The summed E-state index contributed by atoms with van der Waals surface area (Å²) in [5.41, 5.74) is 0.396. The minimum Gasteiger partial charge on any atom is -0.497 e. The Morgan fingerprint density at radius 1 is 1.07 bits per heavy atom. The summed E-state index contributed by atoms with van der Waals surface area (Å²) in [6.45, 7) is -0.994. The lowest BCUT2D eigenvalue weighted by molar-refractivity contribution is -0.154. The van der Waals surface area contributed by atoms with Gasteiger partial charge in [-0.3, -0.25) is 24.1 Å². The number of carbonyl (C=O) groups is 4. The average molecular weight is 416 g/mol. The molecule has 2 saturated carbocycles. The van der Waals surface area contributed by atoms with Crippen molar-refractivity contribution in [2.45, 2.75) is 19.3 Å². The van der Waals surface area contributed by atoms with Gasteiger partial charge in [0, 0.05) is 6.07 Å². The number of rotatable bonds is 7. The molecule has 3 amide bonds. The van der Waals surface area contributed by atoms with E-state index in [9.17, 15) is 19.2 Å². The van der Waals surface area contributed by atoms with E-state index in [0.29, 0.717) is 17.2 Å². The van der Waals surface area contributed by atoms with Gasteiger partial charge in [0.25, 0.3) is 5.91 Å². The molecule has 4 rings (SSSR count). The Kier molecular flexibility index (Phi) is 5.36. The van der Waals surface area contributed by atoms with Crippen LogP contribution in [0, 0.1) is 23.7 Å². The molecule has 3 fully saturated rings. The van der Waals surface area contributed by atoms with Gasteiger partial charge in [0.1, 0.15) is 18.0 Å². The van der Waals surface area contributed by atoms with Crippen LogP contribution in [0.2, 0.25) is 0 Å². The smallest absolute Gasteiger partial charge is 0.326 e. The third-order valence-electron chi connectivity index (χ3n) is 6.35. The van der Waals surface area contributed by atoms with Crippen LogP contribution >= 0.6 is 0 Å². The summed E-state index contributed by atoms with van der Waals surface area (Å²) in [5.74, 6) is -1.02. The van der Waals surface area contributed by atoms with Crippen LogP contribution in [0.3, 0.4) is 0 Å². The number of amides is 3. The lowest BCUT2D eigenvalue weighted by atomic mass is 9.81. The molecule has 1 aliphatic heterocycles. The number of benzene rings is 1. The molecule has 2 bridgehead atoms. The normalized spacial score (nSPS) is 26.5. The van der Waals surface area contributed by atoms with E-state index in [-0.39, 0.29) is 35.5 Å². The Labute approximate surface area is 173 Å². The largest absolute Gasteiger partial charge is 0.497 e. The number of anilines is 1. The lowest BCUT2D eigenvalue weighted by Crippen LogP contribution is -2.38. The van der Waals surface area contributed by atoms with E-state index >= 15 is 0 Å². The van der Waals surface area contributed by atoms with E-state index in [0.717, 1.165) is 24.2 Å². The summed E-state index contributed by atoms with van der Waals surface area (Å²) < 4.78 is 15.3. The second-order valence-corrected chi connectivity index (χ2v) is 7.92. The molecule has 1 aromatic rings. The third-order valence-corrected chi connectivity index (χ3v) is 6.35. The Bertz CT molecular complexity index is 871. The van der Waals surface area contributed by atoms with Gasteiger partial charge < -0.3 is 19.5 Å². The zero-order valence-corrected chi connectivity index (χ0v) is 16.9. The maximum atomic E-state index is 12.6. The number of likely N-dealkylation sites (tertiary alicyclic amines) is 1. The molecule has 0 radical (unpaired) electrons. The van der Waals surface area contributed by atoms with Crippen LogP contribution in [-0.4, -0.2) is 56.0 Å². The SMILES string of the molecule is COc1ccc(NC(=O)COC(=O)CN2C(=O)[C@H]3[C@@H]4CC[C@@H](C4)[C@@H]3C2=O)c(OC)c1. The van der Waals surface area contributed by atoms with Gasteiger partial charge in [-0.25, -0.2) is 0 Å². The molecule has 4 atom stereocenters. The molecule has 9 nitrogen and oxygen atoms in total. The molecule has 0 aromatic heterocycles. The van der Waals surface area contributed by atoms with Crippen LogP contribution in [0.4, 0.5) is 5.69 Å². The lowest BCUT2D eigenvalue weighted by Gasteiger charge is -2.19. The number of esters is 1. The topological polar surface area (TPSA) is 111 Å². The van der Waals surface area contributed by atoms with E-state index < -0.39 is 25.0 Å². The highest BCUT2D eigenvalue weighted by molar-refractivity contribution is 6.08. The number of imide groups is 1. The monoisotopic (exact) mass is 416 g/mol. The van der Waals surface area contributed by atoms with Gasteiger partial charge in [-0.15, -0.1) is 0 Å². The summed E-state index contributed by atoms with van der Waals surface area (Å²) in [6.07, 6.45) is 2.87. The molecule has 1 heterocycles. The molecule has 30 heavy (non-hydrogen) atoms. The fraction of sp³-hybridized carbons (Fsp3) is 0.524. The minimum atomic E-state index is -0.791. The zero-order chi connectivity index (χ0) is 21.4. The quantitative estimate of drug-likeness (QED) is 0.525. The van der Waals surface area contributed by atoms with Crippen molar-refractivity contribution >= 4 is 29.4 Å². The van der Waals surface area contributed by atoms with Crippen molar-refractivity contribution in [1.82, 2.24) is 4.90 Å². The zero-order valence-electron chi connectivity index (χ0n) is 16.9. The van der Waals surface area contributed by atoms with Crippen molar-refractivity contribution in [1.29, 1.82) is 0 Å². The maximum absolute atomic E-state index is 12.6. The van der Waals surface area contributed by atoms with Crippen LogP contribution in [0.15, 0.2) is 18.2 Å². The molecule has 3 aliphatic rings. The predicted molar refractivity (Wildman–Crippen MR) is 104 cm³/mol. The van der Waals surface area contributed by atoms with Gasteiger partial charge in [0.2, 0.25) is 11.8 Å². The second-order valence-electron chi connectivity index (χ2n) is 7.92. The summed E-state index contributed by atoms with van der Waals surface area (Å²) in [5, 5.41) is 2.59. The summed E-state index contributed by atoms with van der Waals surface area (Å²) in [6, 6.07) is 4.86. The van der Waals surface area contributed by atoms with E-state index in [1.807, 2.05) is 0 Å². The molecule has 1 N–H and O–H groups in total. The van der Waals surface area contributed by atoms with Gasteiger partial charge in [-0.1, -0.05) is 0 Å². The van der Waals surface area contributed by atoms with Crippen LogP contribution in [-0.2, 0) is 23.9 Å².